The second-order valence-corrected chi connectivity index (χ2v) is 9.85. The molecule has 0 saturated carbocycles. The normalized spacial score (nSPS) is 10.9. The molecule has 4 aromatic carbocycles. The lowest BCUT2D eigenvalue weighted by Crippen LogP contribution is -2.00. The van der Waals surface area contributed by atoms with E-state index in [-0.39, 0.29) is 0 Å². The Morgan fingerprint density at radius 1 is 0.310 bits per heavy atom. The molecule has 7 rings (SSSR count). The van der Waals surface area contributed by atoms with Crippen LogP contribution in [0.4, 0.5) is 0 Å². The maximum absolute atomic E-state index is 4.98. The number of aromatic nitrogens is 5. The molecule has 0 unspecified atom stereocenters. The van der Waals surface area contributed by atoms with Crippen LogP contribution in [0, 0.1) is 0 Å². The van der Waals surface area contributed by atoms with Crippen LogP contribution >= 0.6 is 0 Å². The van der Waals surface area contributed by atoms with Gasteiger partial charge in [-0.1, -0.05) is 103 Å². The molecule has 0 bridgehead atoms. The molecule has 0 atom stereocenters. The van der Waals surface area contributed by atoms with E-state index in [4.69, 9.17) is 19.9 Å². The summed E-state index contributed by atoms with van der Waals surface area (Å²) in [7, 11) is 0. The number of pyridine rings is 2. The van der Waals surface area contributed by atoms with E-state index in [1.807, 2.05) is 97.2 Å². The van der Waals surface area contributed by atoms with Crippen LogP contribution in [0.1, 0.15) is 0 Å². The molecule has 5 heteroatoms. The van der Waals surface area contributed by atoms with E-state index < -0.39 is 0 Å². The van der Waals surface area contributed by atoms with Crippen molar-refractivity contribution in [3.63, 3.8) is 0 Å². The minimum absolute atomic E-state index is 0.611. The van der Waals surface area contributed by atoms with Crippen LogP contribution in [0.3, 0.4) is 0 Å². The molecule has 5 nitrogen and oxygen atoms in total. The maximum atomic E-state index is 4.98. The van der Waals surface area contributed by atoms with Gasteiger partial charge in [0.05, 0.1) is 11.4 Å². The summed E-state index contributed by atoms with van der Waals surface area (Å²) in [6, 6.07) is 46.8. The van der Waals surface area contributed by atoms with E-state index >= 15 is 0 Å². The van der Waals surface area contributed by atoms with Gasteiger partial charge in [0.2, 0.25) is 0 Å². The molecule has 0 N–H and O–H groups in total. The predicted octanol–water partition coefficient (Wildman–Crippen LogP) is 8.66. The lowest BCUT2D eigenvalue weighted by atomic mass is 9.96. The van der Waals surface area contributed by atoms with E-state index in [1.54, 1.807) is 6.20 Å². The molecule has 0 aliphatic heterocycles. The van der Waals surface area contributed by atoms with Gasteiger partial charge in [0.25, 0.3) is 0 Å². The Bertz CT molecular complexity index is 1880. The van der Waals surface area contributed by atoms with Gasteiger partial charge in [-0.25, -0.2) is 15.0 Å². The van der Waals surface area contributed by atoms with Crippen molar-refractivity contribution in [2.75, 3.05) is 0 Å². The molecular weight excluding hydrogens is 514 g/mol. The SMILES string of the molecule is c1ccc(-c2cc(-c3ccc(-c4ccccn4)nc3)cc(-c3nc(-c4ccccc4)nc(-c4ccccc4)n3)c2)cc1. The fraction of sp³-hybridized carbons (Fsp3) is 0. The van der Waals surface area contributed by atoms with E-state index in [9.17, 15) is 0 Å². The van der Waals surface area contributed by atoms with Crippen molar-refractivity contribution in [2.24, 2.45) is 0 Å². The largest absolute Gasteiger partial charge is 0.255 e. The average Bonchev–Trinajstić information content (AvgIpc) is 3.09. The Morgan fingerprint density at radius 2 is 0.786 bits per heavy atom. The summed E-state index contributed by atoms with van der Waals surface area (Å²) < 4.78 is 0. The summed E-state index contributed by atoms with van der Waals surface area (Å²) in [4.78, 5) is 24.0. The smallest absolute Gasteiger partial charge is 0.164 e. The van der Waals surface area contributed by atoms with Crippen LogP contribution in [0.2, 0.25) is 0 Å². The van der Waals surface area contributed by atoms with Crippen LogP contribution < -0.4 is 0 Å². The van der Waals surface area contributed by atoms with Crippen molar-refractivity contribution in [3.05, 3.63) is 152 Å². The second kappa shape index (κ2) is 11.4. The van der Waals surface area contributed by atoms with Crippen molar-refractivity contribution in [1.29, 1.82) is 0 Å². The predicted molar refractivity (Wildman–Crippen MR) is 168 cm³/mol. The molecule has 42 heavy (non-hydrogen) atoms. The van der Waals surface area contributed by atoms with Crippen LogP contribution in [0.15, 0.2) is 152 Å². The summed E-state index contributed by atoms with van der Waals surface area (Å²) in [5, 5.41) is 0. The van der Waals surface area contributed by atoms with Gasteiger partial charge in [-0.3, -0.25) is 9.97 Å². The highest BCUT2D eigenvalue weighted by Gasteiger charge is 2.15. The number of nitrogens with zero attached hydrogens (tertiary/aromatic N) is 5. The summed E-state index contributed by atoms with van der Waals surface area (Å²) in [5.74, 6) is 1.87. The number of hydrogen-bond acceptors (Lipinski definition) is 5. The number of rotatable bonds is 6. The molecule has 7 aromatic rings. The quantitative estimate of drug-likeness (QED) is 0.212. The van der Waals surface area contributed by atoms with Crippen LogP contribution in [0.5, 0.6) is 0 Å². The number of benzene rings is 4. The first kappa shape index (κ1) is 25.2. The molecule has 0 amide bonds. The Morgan fingerprint density at radius 3 is 1.31 bits per heavy atom. The topological polar surface area (TPSA) is 64.5 Å². The molecule has 0 fully saturated rings. The molecule has 0 aliphatic carbocycles. The van der Waals surface area contributed by atoms with Crippen LogP contribution in [-0.2, 0) is 0 Å². The summed E-state index contributed by atoms with van der Waals surface area (Å²) in [6.07, 6.45) is 3.68. The van der Waals surface area contributed by atoms with Crippen molar-refractivity contribution in [1.82, 2.24) is 24.9 Å². The molecule has 0 saturated heterocycles. The first-order chi connectivity index (χ1) is 20.8. The zero-order chi connectivity index (χ0) is 28.1. The van der Waals surface area contributed by atoms with E-state index in [0.29, 0.717) is 17.5 Å². The van der Waals surface area contributed by atoms with Gasteiger partial charge in [0.15, 0.2) is 17.5 Å². The molecule has 3 aromatic heterocycles. The van der Waals surface area contributed by atoms with Gasteiger partial charge in [0, 0.05) is 34.6 Å². The summed E-state index contributed by atoms with van der Waals surface area (Å²) in [6.45, 7) is 0. The fourth-order valence-electron chi connectivity index (χ4n) is 4.89. The maximum Gasteiger partial charge on any atom is 0.164 e. The van der Waals surface area contributed by atoms with Gasteiger partial charge in [0.1, 0.15) is 0 Å². The molecule has 0 radical (unpaired) electrons. The Hall–Kier alpha value is -5.81. The average molecular weight is 540 g/mol. The van der Waals surface area contributed by atoms with Crippen molar-refractivity contribution >= 4 is 0 Å². The highest BCUT2D eigenvalue weighted by molar-refractivity contribution is 5.80. The number of hydrogen-bond donors (Lipinski definition) is 0. The summed E-state index contributed by atoms with van der Waals surface area (Å²) >= 11 is 0. The van der Waals surface area contributed by atoms with Gasteiger partial charge in [-0.15, -0.1) is 0 Å². The van der Waals surface area contributed by atoms with Crippen molar-refractivity contribution in [2.45, 2.75) is 0 Å². The third kappa shape index (κ3) is 5.31. The van der Waals surface area contributed by atoms with Gasteiger partial charge < -0.3 is 0 Å². The molecule has 3 heterocycles. The van der Waals surface area contributed by atoms with Gasteiger partial charge >= 0.3 is 0 Å². The van der Waals surface area contributed by atoms with Crippen LogP contribution in [-0.4, -0.2) is 24.9 Å². The Labute approximate surface area is 244 Å². The third-order valence-electron chi connectivity index (χ3n) is 7.02. The summed E-state index contributed by atoms with van der Waals surface area (Å²) in [5.41, 5.74) is 8.64. The fourth-order valence-corrected chi connectivity index (χ4v) is 4.89. The van der Waals surface area contributed by atoms with Gasteiger partial charge in [-0.05, 0) is 53.1 Å². The minimum atomic E-state index is 0.611. The van der Waals surface area contributed by atoms with Crippen molar-refractivity contribution < 1.29 is 0 Å². The first-order valence-corrected chi connectivity index (χ1v) is 13.8. The zero-order valence-corrected chi connectivity index (χ0v) is 22.7. The second-order valence-electron chi connectivity index (χ2n) is 9.85. The molecule has 0 spiro atoms. The van der Waals surface area contributed by atoms with E-state index in [0.717, 1.165) is 50.3 Å². The standard InChI is InChI=1S/C37H25N5/c1-4-12-26(13-5-1)30-22-31(29-19-20-34(39-25-29)33-18-10-11-21-38-33)24-32(23-30)37-41-35(27-14-6-2-7-15-27)40-36(42-37)28-16-8-3-9-17-28/h1-25H. The Balaban J connectivity index is 1.39. The third-order valence-corrected chi connectivity index (χ3v) is 7.02. The van der Waals surface area contributed by atoms with E-state index in [1.165, 1.54) is 0 Å². The minimum Gasteiger partial charge on any atom is -0.255 e. The Kier molecular flexibility index (Phi) is 6.81. The monoisotopic (exact) mass is 539 g/mol. The zero-order valence-electron chi connectivity index (χ0n) is 22.7. The van der Waals surface area contributed by atoms with Gasteiger partial charge in [-0.2, -0.15) is 0 Å². The lowest BCUT2D eigenvalue weighted by Gasteiger charge is -2.12. The van der Waals surface area contributed by atoms with Crippen LogP contribution in [0.25, 0.3) is 67.8 Å². The highest BCUT2D eigenvalue weighted by atomic mass is 15.0. The molecular formula is C37H25N5. The van der Waals surface area contributed by atoms with E-state index in [2.05, 4.69) is 53.5 Å². The molecule has 198 valence electrons. The lowest BCUT2D eigenvalue weighted by molar-refractivity contribution is 1.07. The molecule has 0 aliphatic rings. The highest BCUT2D eigenvalue weighted by Crippen LogP contribution is 2.33. The first-order valence-electron chi connectivity index (χ1n) is 13.8. The van der Waals surface area contributed by atoms with Crippen molar-refractivity contribution in [3.8, 4) is 67.8 Å².